The molecule has 23 heavy (non-hydrogen) atoms. The Bertz CT molecular complexity index is 811. The fourth-order valence-corrected chi connectivity index (χ4v) is 2.45. The van der Waals surface area contributed by atoms with E-state index in [0.29, 0.717) is 0 Å². The molecule has 1 heterocycles. The minimum absolute atomic E-state index is 0.172. The SMILES string of the molecule is O=C1c2c(O)cc(O)cc2OC(c2ccc(O)cc2O)C1(O)O. The van der Waals surface area contributed by atoms with Gasteiger partial charge < -0.3 is 35.4 Å². The molecule has 8 nitrogen and oxygen atoms in total. The zero-order valence-electron chi connectivity index (χ0n) is 11.5. The molecule has 8 heteroatoms. The summed E-state index contributed by atoms with van der Waals surface area (Å²) in [6.07, 6.45) is -1.73. The van der Waals surface area contributed by atoms with Crippen LogP contribution >= 0.6 is 0 Å². The van der Waals surface area contributed by atoms with E-state index in [4.69, 9.17) is 4.74 Å². The van der Waals surface area contributed by atoms with Crippen LogP contribution in [0.5, 0.6) is 28.7 Å². The van der Waals surface area contributed by atoms with Crippen LogP contribution in [0.1, 0.15) is 22.0 Å². The lowest BCUT2D eigenvalue weighted by Crippen LogP contribution is -2.49. The molecule has 1 aliphatic heterocycles. The summed E-state index contributed by atoms with van der Waals surface area (Å²) in [4.78, 5) is 12.3. The van der Waals surface area contributed by atoms with E-state index in [9.17, 15) is 35.4 Å². The maximum Gasteiger partial charge on any atom is 0.272 e. The van der Waals surface area contributed by atoms with Gasteiger partial charge in [0, 0.05) is 23.8 Å². The van der Waals surface area contributed by atoms with Crippen molar-refractivity contribution >= 4 is 5.78 Å². The molecule has 6 N–H and O–H groups in total. The Morgan fingerprint density at radius 3 is 2.22 bits per heavy atom. The number of hydrogen-bond donors (Lipinski definition) is 6. The average Bonchev–Trinajstić information content (AvgIpc) is 2.43. The molecule has 0 fully saturated rings. The van der Waals surface area contributed by atoms with Gasteiger partial charge in [-0.1, -0.05) is 0 Å². The van der Waals surface area contributed by atoms with Gasteiger partial charge in [0.2, 0.25) is 5.78 Å². The van der Waals surface area contributed by atoms with E-state index in [1.54, 1.807) is 0 Å². The first-order valence-electron chi connectivity index (χ1n) is 6.46. The van der Waals surface area contributed by atoms with Crippen LogP contribution in [0.3, 0.4) is 0 Å². The first-order chi connectivity index (χ1) is 10.7. The molecule has 0 saturated heterocycles. The quantitative estimate of drug-likeness (QED) is 0.416. The number of phenolic OH excluding ortho intramolecular Hbond substituents is 4. The average molecular weight is 320 g/mol. The summed E-state index contributed by atoms with van der Waals surface area (Å²) in [5.41, 5.74) is -0.669. The minimum Gasteiger partial charge on any atom is -0.508 e. The first kappa shape index (κ1) is 14.9. The summed E-state index contributed by atoms with van der Waals surface area (Å²) in [6, 6.07) is 5.13. The molecule has 0 amide bonds. The molecule has 0 aromatic heterocycles. The number of Topliss-reactive ketones (excluding diaryl/α,β-unsaturated/α-hetero) is 1. The molecule has 0 bridgehead atoms. The molecular formula is C15H12O8. The van der Waals surface area contributed by atoms with Gasteiger partial charge in [0.15, 0.2) is 6.10 Å². The van der Waals surface area contributed by atoms with Gasteiger partial charge in [-0.05, 0) is 12.1 Å². The second kappa shape index (κ2) is 4.77. The molecular weight excluding hydrogens is 308 g/mol. The molecule has 1 atom stereocenters. The lowest BCUT2D eigenvalue weighted by Gasteiger charge is -2.35. The Kier molecular flexibility index (Phi) is 3.10. The molecule has 1 unspecified atom stereocenters. The lowest BCUT2D eigenvalue weighted by molar-refractivity contribution is -0.186. The second-order valence-electron chi connectivity index (χ2n) is 5.13. The van der Waals surface area contributed by atoms with Gasteiger partial charge >= 0.3 is 0 Å². The Morgan fingerprint density at radius 1 is 0.913 bits per heavy atom. The smallest absolute Gasteiger partial charge is 0.272 e. The number of benzene rings is 2. The van der Waals surface area contributed by atoms with E-state index in [2.05, 4.69) is 0 Å². The maximum atomic E-state index is 12.3. The van der Waals surface area contributed by atoms with E-state index in [1.165, 1.54) is 0 Å². The van der Waals surface area contributed by atoms with Crippen LogP contribution in [-0.2, 0) is 0 Å². The number of carbonyl (C=O) groups excluding carboxylic acids is 1. The normalized spacial score (nSPS) is 19.0. The molecule has 0 aliphatic carbocycles. The monoisotopic (exact) mass is 320 g/mol. The van der Waals surface area contributed by atoms with Crippen molar-refractivity contribution in [1.29, 1.82) is 0 Å². The van der Waals surface area contributed by atoms with Crippen LogP contribution in [0.4, 0.5) is 0 Å². The first-order valence-corrected chi connectivity index (χ1v) is 6.46. The Morgan fingerprint density at radius 2 is 1.57 bits per heavy atom. The summed E-state index contributed by atoms with van der Waals surface area (Å²) in [5, 5.41) is 58.6. The number of carbonyl (C=O) groups is 1. The molecule has 120 valence electrons. The molecule has 0 spiro atoms. The Labute approximate surface area is 129 Å². The van der Waals surface area contributed by atoms with E-state index < -0.39 is 40.5 Å². The number of ether oxygens (including phenoxy) is 1. The van der Waals surface area contributed by atoms with E-state index >= 15 is 0 Å². The van der Waals surface area contributed by atoms with Gasteiger partial charge in [0.1, 0.15) is 34.3 Å². The third-order valence-electron chi connectivity index (χ3n) is 3.53. The number of fused-ring (bicyclic) bond motifs is 1. The standard InChI is InChI=1S/C15H12O8/c16-6-1-2-8(9(18)3-6)14-15(21,22)13(20)12-10(19)4-7(17)5-11(12)23-14/h1-5,14,16-19,21-22H. The zero-order chi connectivity index (χ0) is 16.9. The second-order valence-corrected chi connectivity index (χ2v) is 5.13. The number of hydrogen-bond acceptors (Lipinski definition) is 8. The van der Waals surface area contributed by atoms with Crippen LogP contribution < -0.4 is 4.74 Å². The summed E-state index contributed by atoms with van der Waals surface area (Å²) in [5.74, 6) is -6.47. The molecule has 2 aromatic carbocycles. The van der Waals surface area contributed by atoms with E-state index in [1.807, 2.05) is 0 Å². The van der Waals surface area contributed by atoms with Crippen molar-refractivity contribution in [2.24, 2.45) is 0 Å². The minimum atomic E-state index is -3.07. The highest BCUT2D eigenvalue weighted by Crippen LogP contribution is 2.46. The van der Waals surface area contributed by atoms with Crippen molar-refractivity contribution in [2.45, 2.75) is 11.9 Å². The Hall–Kier alpha value is -2.97. The van der Waals surface area contributed by atoms with Crippen LogP contribution in [0.15, 0.2) is 30.3 Å². The fourth-order valence-electron chi connectivity index (χ4n) is 2.45. The van der Waals surface area contributed by atoms with Gasteiger partial charge in [-0.25, -0.2) is 0 Å². The topological polar surface area (TPSA) is 148 Å². The maximum absolute atomic E-state index is 12.3. The van der Waals surface area contributed by atoms with Crippen LogP contribution in [-0.4, -0.2) is 42.2 Å². The number of phenols is 4. The van der Waals surface area contributed by atoms with Crippen molar-refractivity contribution in [1.82, 2.24) is 0 Å². The summed E-state index contributed by atoms with van der Waals surface area (Å²) in [7, 11) is 0. The molecule has 3 rings (SSSR count). The predicted octanol–water partition coefficient (Wildman–Crippen LogP) is 0.506. The van der Waals surface area contributed by atoms with Gasteiger partial charge in [0.25, 0.3) is 5.79 Å². The molecule has 0 saturated carbocycles. The van der Waals surface area contributed by atoms with Crippen LogP contribution in [0, 0.1) is 0 Å². The highest BCUT2D eigenvalue weighted by molar-refractivity contribution is 6.07. The number of ketones is 1. The van der Waals surface area contributed by atoms with Gasteiger partial charge in [-0.2, -0.15) is 0 Å². The van der Waals surface area contributed by atoms with Crippen molar-refractivity contribution in [3.63, 3.8) is 0 Å². The number of rotatable bonds is 1. The third-order valence-corrected chi connectivity index (χ3v) is 3.53. The Balaban J connectivity index is 2.18. The van der Waals surface area contributed by atoms with Crippen molar-refractivity contribution in [3.05, 3.63) is 41.5 Å². The molecule has 2 aromatic rings. The highest BCUT2D eigenvalue weighted by Gasteiger charge is 2.52. The van der Waals surface area contributed by atoms with Crippen LogP contribution in [0.25, 0.3) is 0 Å². The third kappa shape index (κ3) is 2.20. The summed E-state index contributed by atoms with van der Waals surface area (Å²) < 4.78 is 5.30. The zero-order valence-corrected chi connectivity index (χ0v) is 11.5. The van der Waals surface area contributed by atoms with Gasteiger partial charge in [0.05, 0.1) is 0 Å². The van der Waals surface area contributed by atoms with Crippen molar-refractivity contribution in [3.8, 4) is 28.7 Å². The van der Waals surface area contributed by atoms with Crippen molar-refractivity contribution < 1.29 is 40.2 Å². The van der Waals surface area contributed by atoms with Crippen molar-refractivity contribution in [2.75, 3.05) is 0 Å². The number of aromatic hydroxyl groups is 4. The molecule has 0 radical (unpaired) electrons. The fraction of sp³-hybridized carbons (Fsp3) is 0.133. The lowest BCUT2D eigenvalue weighted by atomic mass is 9.89. The predicted molar refractivity (Wildman–Crippen MR) is 74.4 cm³/mol. The van der Waals surface area contributed by atoms with Crippen LogP contribution in [0.2, 0.25) is 0 Å². The number of aliphatic hydroxyl groups is 2. The highest BCUT2D eigenvalue weighted by atomic mass is 16.6. The van der Waals surface area contributed by atoms with E-state index in [0.717, 1.165) is 30.3 Å². The van der Waals surface area contributed by atoms with E-state index in [-0.39, 0.29) is 17.1 Å². The van der Waals surface area contributed by atoms with Gasteiger partial charge in [-0.3, -0.25) is 4.79 Å². The summed E-state index contributed by atoms with van der Waals surface area (Å²) >= 11 is 0. The molecule has 1 aliphatic rings. The largest absolute Gasteiger partial charge is 0.508 e. The summed E-state index contributed by atoms with van der Waals surface area (Å²) in [6.45, 7) is 0. The van der Waals surface area contributed by atoms with Gasteiger partial charge in [-0.15, -0.1) is 0 Å².